The lowest BCUT2D eigenvalue weighted by atomic mass is 9.84. The minimum atomic E-state index is -3.91. The van der Waals surface area contributed by atoms with Gasteiger partial charge in [-0.15, -0.1) is 0 Å². The normalized spacial score (nSPS) is 16.2. The van der Waals surface area contributed by atoms with Crippen molar-refractivity contribution in [2.24, 2.45) is 7.05 Å². The summed E-state index contributed by atoms with van der Waals surface area (Å²) < 4.78 is 31.2. The van der Waals surface area contributed by atoms with E-state index in [2.05, 4.69) is 38.7 Å². The van der Waals surface area contributed by atoms with E-state index in [1.54, 1.807) is 52.4 Å². The number of carboxylic acid groups (broad SMARTS) is 1. The van der Waals surface area contributed by atoms with E-state index >= 15 is 0 Å². The summed E-state index contributed by atoms with van der Waals surface area (Å²) in [5.74, 6) is 0. The number of allylic oxidation sites excluding steroid dienone is 1. The summed E-state index contributed by atoms with van der Waals surface area (Å²) in [7, 11) is -2.07. The lowest BCUT2D eigenvalue weighted by Crippen LogP contribution is -2.51. The number of hydrogen-bond donors (Lipinski definition) is 1. The van der Waals surface area contributed by atoms with Crippen LogP contribution in [0, 0.1) is 10.5 Å². The number of fused-ring (bicyclic) bond motifs is 1. The highest BCUT2D eigenvalue weighted by Crippen LogP contribution is 2.42. The van der Waals surface area contributed by atoms with Crippen LogP contribution < -0.4 is 0 Å². The minimum Gasteiger partial charge on any atom is -0.465 e. The first-order valence-corrected chi connectivity index (χ1v) is 15.5. The first-order chi connectivity index (χ1) is 18.8. The minimum absolute atomic E-state index is 0.185. The van der Waals surface area contributed by atoms with Crippen LogP contribution in [0.4, 0.5) is 4.79 Å². The number of carbonyl (C=O) groups is 1. The highest BCUT2D eigenvalue weighted by molar-refractivity contribution is 14.1. The highest BCUT2D eigenvalue weighted by Gasteiger charge is 2.36. The fourth-order valence-electron chi connectivity index (χ4n) is 5.55. The summed E-state index contributed by atoms with van der Waals surface area (Å²) in [5, 5.41) is 15.2. The van der Waals surface area contributed by atoms with Gasteiger partial charge >= 0.3 is 6.09 Å². The van der Waals surface area contributed by atoms with Crippen molar-refractivity contribution < 1.29 is 18.3 Å². The topological polar surface area (TPSA) is 110 Å². The fourth-order valence-corrected chi connectivity index (χ4v) is 7.84. The zero-order chi connectivity index (χ0) is 29.0. The van der Waals surface area contributed by atoms with Crippen LogP contribution in [0.1, 0.15) is 51.2 Å². The van der Waals surface area contributed by atoms with Crippen LogP contribution in [0.25, 0.3) is 27.7 Å². The predicted molar refractivity (Wildman–Crippen MR) is 164 cm³/mol. The molecule has 1 amide bonds. The van der Waals surface area contributed by atoms with Gasteiger partial charge in [0.25, 0.3) is 10.0 Å². The molecule has 0 saturated heterocycles. The molecular weight excluding hydrogens is 641 g/mol. The molecule has 3 aromatic heterocycles. The molecule has 0 spiro atoms. The van der Waals surface area contributed by atoms with Gasteiger partial charge in [0.2, 0.25) is 0 Å². The van der Waals surface area contributed by atoms with E-state index in [0.717, 1.165) is 36.8 Å². The molecule has 210 valence electrons. The van der Waals surface area contributed by atoms with Crippen molar-refractivity contribution in [3.05, 3.63) is 69.8 Å². The molecule has 0 bridgehead atoms. The van der Waals surface area contributed by atoms with Gasteiger partial charge in [-0.2, -0.15) is 5.10 Å². The molecule has 0 saturated carbocycles. The van der Waals surface area contributed by atoms with Gasteiger partial charge in [-0.25, -0.2) is 22.2 Å². The van der Waals surface area contributed by atoms with E-state index in [0.29, 0.717) is 24.9 Å². The molecule has 0 radical (unpaired) electrons. The number of aromatic nitrogens is 4. The molecule has 1 aliphatic carbocycles. The average molecular weight is 674 g/mol. The Morgan fingerprint density at radius 2 is 1.85 bits per heavy atom. The van der Waals surface area contributed by atoms with Crippen molar-refractivity contribution in [3.8, 4) is 11.1 Å². The molecule has 1 atom stereocenters. The Labute approximate surface area is 247 Å². The molecule has 1 N–H and O–H groups in total. The molecule has 5 rings (SSSR count). The number of benzene rings is 1. The first kappa shape index (κ1) is 28.3. The van der Waals surface area contributed by atoms with Gasteiger partial charge in [0.1, 0.15) is 0 Å². The molecule has 3 heterocycles. The summed E-state index contributed by atoms with van der Waals surface area (Å²) in [6.45, 7) is 7.63. The third-order valence-corrected chi connectivity index (χ3v) is 9.77. The molecule has 9 nitrogen and oxygen atoms in total. The van der Waals surface area contributed by atoms with Gasteiger partial charge in [-0.1, -0.05) is 23.8 Å². The quantitative estimate of drug-likeness (QED) is 0.249. The van der Waals surface area contributed by atoms with E-state index < -0.39 is 21.7 Å². The summed E-state index contributed by atoms with van der Waals surface area (Å²) in [6, 6.07) is 6.54. The van der Waals surface area contributed by atoms with Crippen molar-refractivity contribution in [2.45, 2.75) is 63.4 Å². The standard InChI is InChI=1S/C29H32IN5O4S/c1-18-9-11-22(12-10-18)40(38,39)34-17-24(30)26-25(23(15-31-27(26)34)20-14-32-33(5)16-20)19-7-6-8-21(13-19)35(28(36)37)29(2,3)4/h7,9-12,14-17,21H,6,8,13H2,1-5H3,(H,36,37). The maximum absolute atomic E-state index is 13.8. The number of hydrogen-bond acceptors (Lipinski definition) is 5. The predicted octanol–water partition coefficient (Wildman–Crippen LogP) is 6.30. The molecule has 1 aliphatic rings. The van der Waals surface area contributed by atoms with Crippen molar-refractivity contribution in [2.75, 3.05) is 0 Å². The zero-order valence-corrected chi connectivity index (χ0v) is 26.1. The van der Waals surface area contributed by atoms with E-state index in [9.17, 15) is 18.3 Å². The second-order valence-electron chi connectivity index (χ2n) is 11.2. The Bertz CT molecular complexity index is 1750. The van der Waals surface area contributed by atoms with E-state index in [1.807, 2.05) is 40.9 Å². The molecule has 0 aliphatic heterocycles. The number of aryl methyl sites for hydroxylation is 2. The smallest absolute Gasteiger partial charge is 0.407 e. The van der Waals surface area contributed by atoms with Crippen LogP contribution in [-0.2, 0) is 17.1 Å². The molecule has 11 heteroatoms. The van der Waals surface area contributed by atoms with Crippen LogP contribution >= 0.6 is 22.6 Å². The lowest BCUT2D eigenvalue weighted by molar-refractivity contribution is 0.0679. The van der Waals surface area contributed by atoms with Crippen LogP contribution in [-0.4, -0.2) is 54.8 Å². The van der Waals surface area contributed by atoms with Crippen molar-refractivity contribution in [1.29, 1.82) is 0 Å². The summed E-state index contributed by atoms with van der Waals surface area (Å²) in [6.07, 6.45) is 10.1. The molecule has 40 heavy (non-hydrogen) atoms. The first-order valence-electron chi connectivity index (χ1n) is 13.0. The van der Waals surface area contributed by atoms with E-state index in [-0.39, 0.29) is 10.9 Å². The maximum Gasteiger partial charge on any atom is 0.407 e. The van der Waals surface area contributed by atoms with Gasteiger partial charge in [0, 0.05) is 57.3 Å². The zero-order valence-electron chi connectivity index (χ0n) is 23.1. The largest absolute Gasteiger partial charge is 0.465 e. The Morgan fingerprint density at radius 3 is 2.45 bits per heavy atom. The molecule has 0 fully saturated rings. The lowest BCUT2D eigenvalue weighted by Gasteiger charge is -2.41. The van der Waals surface area contributed by atoms with E-state index in [1.165, 1.54) is 3.97 Å². The van der Waals surface area contributed by atoms with Crippen LogP contribution in [0.5, 0.6) is 0 Å². The number of amides is 1. The second kappa shape index (κ2) is 10.3. The van der Waals surface area contributed by atoms with Crippen molar-refractivity contribution in [1.82, 2.24) is 23.6 Å². The molecule has 1 aromatic carbocycles. The van der Waals surface area contributed by atoms with Crippen LogP contribution in [0.3, 0.4) is 0 Å². The summed E-state index contributed by atoms with van der Waals surface area (Å²) >= 11 is 2.17. The molecular formula is C29H32IN5O4S. The second-order valence-corrected chi connectivity index (χ2v) is 14.2. The van der Waals surface area contributed by atoms with Gasteiger partial charge < -0.3 is 10.0 Å². The number of pyridine rings is 1. The number of halogens is 1. The third kappa shape index (κ3) is 5.05. The van der Waals surface area contributed by atoms with Gasteiger partial charge in [-0.05, 0) is 92.8 Å². The average Bonchev–Trinajstić information content (AvgIpc) is 3.46. The number of nitrogens with zero attached hydrogens (tertiary/aromatic N) is 5. The summed E-state index contributed by atoms with van der Waals surface area (Å²) in [5.41, 5.74) is 4.25. The Morgan fingerprint density at radius 1 is 1.15 bits per heavy atom. The third-order valence-electron chi connectivity index (χ3n) is 7.29. The van der Waals surface area contributed by atoms with Crippen molar-refractivity contribution >= 4 is 55.3 Å². The number of rotatable bonds is 5. The van der Waals surface area contributed by atoms with Gasteiger partial charge in [0.05, 0.1) is 11.1 Å². The molecule has 4 aromatic rings. The van der Waals surface area contributed by atoms with Crippen molar-refractivity contribution in [3.63, 3.8) is 0 Å². The van der Waals surface area contributed by atoms with Gasteiger partial charge in [-0.3, -0.25) is 4.68 Å². The Kier molecular flexibility index (Phi) is 7.32. The maximum atomic E-state index is 13.8. The fraction of sp³-hybridized carbons (Fsp3) is 0.345. The van der Waals surface area contributed by atoms with E-state index in [4.69, 9.17) is 0 Å². The summed E-state index contributed by atoms with van der Waals surface area (Å²) in [4.78, 5) is 18.7. The monoisotopic (exact) mass is 673 g/mol. The SMILES string of the molecule is Cc1ccc(S(=O)(=O)n2cc(I)c3c(C4=CCCC(N(C(=O)O)C(C)(C)C)C4)c(-c4cnn(C)c4)cnc32)cc1. The van der Waals surface area contributed by atoms with Crippen LogP contribution in [0.15, 0.2) is 60.0 Å². The Hall–Kier alpha value is -3.19. The van der Waals surface area contributed by atoms with Gasteiger partial charge in [0.15, 0.2) is 5.65 Å². The van der Waals surface area contributed by atoms with Crippen LogP contribution in [0.2, 0.25) is 0 Å². The molecule has 1 unspecified atom stereocenters. The Balaban J connectivity index is 1.73. The highest BCUT2D eigenvalue weighted by atomic mass is 127.